The van der Waals surface area contributed by atoms with Crippen LogP contribution in [0.2, 0.25) is 0 Å². The fraction of sp³-hybridized carbons (Fsp3) is 0.588. The summed E-state index contributed by atoms with van der Waals surface area (Å²) in [5.74, 6) is -1.26. The molecule has 1 heterocycles. The molecule has 3 rings (SSSR count). The quantitative estimate of drug-likeness (QED) is 0.910. The summed E-state index contributed by atoms with van der Waals surface area (Å²) in [5, 5.41) is 9.65. The maximum absolute atomic E-state index is 13.5. The lowest BCUT2D eigenvalue weighted by atomic mass is 9.94. The van der Waals surface area contributed by atoms with Crippen LogP contribution in [0.25, 0.3) is 0 Å². The molecule has 4 nitrogen and oxygen atoms in total. The maximum atomic E-state index is 13.5. The molecule has 1 aromatic carbocycles. The summed E-state index contributed by atoms with van der Waals surface area (Å²) in [4.78, 5) is 13.8. The Balaban J connectivity index is 1.86. The van der Waals surface area contributed by atoms with Gasteiger partial charge in [0.1, 0.15) is 17.2 Å². The molecular weight excluding hydrogens is 304 g/mol. The van der Waals surface area contributed by atoms with Gasteiger partial charge in [-0.05, 0) is 50.8 Å². The second-order valence-electron chi connectivity index (χ2n) is 7.48. The number of ether oxygens (including phenoxy) is 1. The third-order valence-corrected chi connectivity index (χ3v) is 4.70. The van der Waals surface area contributed by atoms with E-state index < -0.39 is 28.7 Å². The van der Waals surface area contributed by atoms with Gasteiger partial charge in [0.25, 0.3) is 0 Å². The number of likely N-dealkylation sites (tertiary alicyclic amines) is 1. The zero-order valence-corrected chi connectivity index (χ0v) is 13.5. The molecule has 1 aliphatic heterocycles. The SMILES string of the molecule is CC(C)(C)OC(=O)N1CC2(c3cc(F)cc(F)c3)CC2C1CO. The Morgan fingerprint density at radius 1 is 1.35 bits per heavy atom. The van der Waals surface area contributed by atoms with Crippen molar-refractivity contribution in [2.75, 3.05) is 13.2 Å². The molecule has 2 fully saturated rings. The van der Waals surface area contributed by atoms with Crippen molar-refractivity contribution in [3.63, 3.8) is 0 Å². The molecular formula is C17H21F2NO3. The topological polar surface area (TPSA) is 49.8 Å². The third kappa shape index (κ3) is 2.80. The van der Waals surface area contributed by atoms with E-state index >= 15 is 0 Å². The number of benzene rings is 1. The van der Waals surface area contributed by atoms with Crippen LogP contribution in [0.4, 0.5) is 13.6 Å². The minimum Gasteiger partial charge on any atom is -0.444 e. The van der Waals surface area contributed by atoms with Crippen LogP contribution in [-0.4, -0.2) is 40.9 Å². The van der Waals surface area contributed by atoms with Gasteiger partial charge >= 0.3 is 6.09 Å². The highest BCUT2D eigenvalue weighted by Gasteiger charge is 2.66. The molecule has 0 aromatic heterocycles. The highest BCUT2D eigenvalue weighted by atomic mass is 19.1. The van der Waals surface area contributed by atoms with Gasteiger partial charge in [-0.15, -0.1) is 0 Å². The molecule has 1 saturated heterocycles. The summed E-state index contributed by atoms with van der Waals surface area (Å²) < 4.78 is 32.4. The van der Waals surface area contributed by atoms with E-state index in [2.05, 4.69) is 0 Å². The smallest absolute Gasteiger partial charge is 0.410 e. The molecule has 2 aliphatic rings. The number of hydrogen-bond acceptors (Lipinski definition) is 3. The Labute approximate surface area is 134 Å². The third-order valence-electron chi connectivity index (χ3n) is 4.70. The van der Waals surface area contributed by atoms with Gasteiger partial charge < -0.3 is 14.7 Å². The Bertz CT molecular complexity index is 623. The number of aliphatic hydroxyl groups excluding tert-OH is 1. The van der Waals surface area contributed by atoms with E-state index in [9.17, 15) is 18.7 Å². The fourth-order valence-corrected chi connectivity index (χ4v) is 3.67. The molecule has 0 bridgehead atoms. The first-order valence-electron chi connectivity index (χ1n) is 7.73. The first-order valence-corrected chi connectivity index (χ1v) is 7.73. The van der Waals surface area contributed by atoms with Gasteiger partial charge in [-0.2, -0.15) is 0 Å². The Kier molecular flexibility index (Phi) is 3.63. The predicted octanol–water partition coefficient (Wildman–Crippen LogP) is 2.83. The van der Waals surface area contributed by atoms with Gasteiger partial charge in [0.15, 0.2) is 0 Å². The Morgan fingerprint density at radius 2 is 1.96 bits per heavy atom. The minimum atomic E-state index is -0.637. The van der Waals surface area contributed by atoms with E-state index in [0.29, 0.717) is 18.5 Å². The van der Waals surface area contributed by atoms with Crippen molar-refractivity contribution in [3.8, 4) is 0 Å². The lowest BCUT2D eigenvalue weighted by Crippen LogP contribution is -2.44. The second kappa shape index (κ2) is 5.16. The molecule has 1 aliphatic carbocycles. The highest BCUT2D eigenvalue weighted by molar-refractivity contribution is 5.70. The summed E-state index contributed by atoms with van der Waals surface area (Å²) in [6, 6.07) is 3.09. The summed E-state index contributed by atoms with van der Waals surface area (Å²) >= 11 is 0. The van der Waals surface area contributed by atoms with Crippen LogP contribution in [0, 0.1) is 17.6 Å². The number of aliphatic hydroxyl groups is 1. The Hall–Kier alpha value is -1.69. The van der Waals surface area contributed by atoms with Gasteiger partial charge in [0.2, 0.25) is 0 Å². The molecule has 1 aromatic rings. The van der Waals surface area contributed by atoms with Gasteiger partial charge in [-0.1, -0.05) is 0 Å². The first-order chi connectivity index (χ1) is 10.7. The van der Waals surface area contributed by atoms with Crippen LogP contribution in [0.5, 0.6) is 0 Å². The van der Waals surface area contributed by atoms with Crippen LogP contribution >= 0.6 is 0 Å². The van der Waals surface area contributed by atoms with Crippen molar-refractivity contribution in [3.05, 3.63) is 35.4 Å². The standard InChI is InChI=1S/C17H21F2NO3/c1-16(2,3)23-15(22)20-9-17(7-13(17)14(20)8-21)10-4-11(18)6-12(19)5-10/h4-6,13-14,21H,7-9H2,1-3H3. The lowest BCUT2D eigenvalue weighted by molar-refractivity contribution is 0.0130. The van der Waals surface area contributed by atoms with Crippen molar-refractivity contribution in [2.45, 2.75) is 44.2 Å². The van der Waals surface area contributed by atoms with Crippen molar-refractivity contribution in [2.24, 2.45) is 5.92 Å². The van der Waals surface area contributed by atoms with E-state index in [4.69, 9.17) is 4.74 Å². The Morgan fingerprint density at radius 3 is 2.48 bits per heavy atom. The summed E-state index contributed by atoms with van der Waals surface area (Å²) in [7, 11) is 0. The van der Waals surface area contributed by atoms with Gasteiger partial charge in [-0.3, -0.25) is 0 Å². The van der Waals surface area contributed by atoms with Crippen molar-refractivity contribution in [1.29, 1.82) is 0 Å². The second-order valence-corrected chi connectivity index (χ2v) is 7.48. The van der Waals surface area contributed by atoms with Crippen LogP contribution in [0.15, 0.2) is 18.2 Å². The summed E-state index contributed by atoms with van der Waals surface area (Å²) in [6.45, 7) is 5.43. The molecule has 0 radical (unpaired) electrons. The zero-order chi connectivity index (χ0) is 17.0. The van der Waals surface area contributed by atoms with Crippen LogP contribution in [-0.2, 0) is 10.2 Å². The maximum Gasteiger partial charge on any atom is 0.410 e. The van der Waals surface area contributed by atoms with Crippen LogP contribution < -0.4 is 0 Å². The largest absolute Gasteiger partial charge is 0.444 e. The molecule has 3 atom stereocenters. The fourth-order valence-electron chi connectivity index (χ4n) is 3.67. The van der Waals surface area contributed by atoms with Gasteiger partial charge in [-0.25, -0.2) is 13.6 Å². The number of carbonyl (C=O) groups excluding carboxylic acids is 1. The van der Waals surface area contributed by atoms with E-state index in [1.165, 1.54) is 17.0 Å². The van der Waals surface area contributed by atoms with Crippen molar-refractivity contribution < 1.29 is 23.4 Å². The van der Waals surface area contributed by atoms with Crippen LogP contribution in [0.3, 0.4) is 0 Å². The van der Waals surface area contributed by atoms with Crippen LogP contribution in [0.1, 0.15) is 32.8 Å². The zero-order valence-electron chi connectivity index (χ0n) is 13.5. The normalized spacial score (nSPS) is 29.4. The molecule has 23 heavy (non-hydrogen) atoms. The number of carbonyl (C=O) groups is 1. The van der Waals surface area contributed by atoms with E-state index in [0.717, 1.165) is 6.07 Å². The summed E-state index contributed by atoms with van der Waals surface area (Å²) in [6.07, 6.45) is 0.209. The lowest BCUT2D eigenvalue weighted by Gasteiger charge is -2.30. The highest BCUT2D eigenvalue weighted by Crippen LogP contribution is 2.62. The molecule has 1 N–H and O–H groups in total. The number of halogens is 2. The summed E-state index contributed by atoms with van der Waals surface area (Å²) in [5.41, 5.74) is -0.570. The average molecular weight is 325 g/mol. The number of rotatable bonds is 2. The number of hydrogen-bond donors (Lipinski definition) is 1. The van der Waals surface area contributed by atoms with Crippen molar-refractivity contribution in [1.82, 2.24) is 4.90 Å². The number of nitrogens with zero attached hydrogens (tertiary/aromatic N) is 1. The first kappa shape index (κ1) is 16.2. The monoisotopic (exact) mass is 325 g/mol. The number of amides is 1. The molecule has 1 amide bonds. The van der Waals surface area contributed by atoms with E-state index in [-0.39, 0.29) is 18.6 Å². The van der Waals surface area contributed by atoms with Gasteiger partial charge in [0, 0.05) is 18.0 Å². The number of fused-ring (bicyclic) bond motifs is 1. The minimum absolute atomic E-state index is 0.00113. The van der Waals surface area contributed by atoms with E-state index in [1.807, 2.05) is 0 Å². The van der Waals surface area contributed by atoms with Gasteiger partial charge in [0.05, 0.1) is 12.6 Å². The molecule has 3 unspecified atom stereocenters. The number of piperidine rings is 1. The average Bonchev–Trinajstić information content (AvgIpc) is 3.03. The molecule has 126 valence electrons. The van der Waals surface area contributed by atoms with Crippen molar-refractivity contribution >= 4 is 6.09 Å². The van der Waals surface area contributed by atoms with E-state index in [1.54, 1.807) is 20.8 Å². The molecule has 0 spiro atoms. The molecule has 6 heteroatoms. The molecule has 1 saturated carbocycles. The predicted molar refractivity (Wildman–Crippen MR) is 80.0 cm³/mol.